The second kappa shape index (κ2) is 5.44. The molecule has 0 aliphatic rings. The molecule has 0 radical (unpaired) electrons. The zero-order chi connectivity index (χ0) is 13.0. The van der Waals surface area contributed by atoms with E-state index in [9.17, 15) is 0 Å². The van der Waals surface area contributed by atoms with Crippen molar-refractivity contribution in [2.75, 3.05) is 12.4 Å². The maximum absolute atomic E-state index is 5.20. The minimum atomic E-state index is 0.607. The number of pyridine rings is 1. The van der Waals surface area contributed by atoms with Crippen LogP contribution in [0.15, 0.2) is 24.5 Å². The molecular weight excluding hydrogens is 228 g/mol. The van der Waals surface area contributed by atoms with Crippen molar-refractivity contribution in [2.45, 2.75) is 20.4 Å². The first-order chi connectivity index (χ1) is 8.70. The van der Waals surface area contributed by atoms with Gasteiger partial charge < -0.3 is 10.1 Å². The third-order valence-corrected chi connectivity index (χ3v) is 2.57. The van der Waals surface area contributed by atoms with E-state index in [1.165, 1.54) is 0 Å². The Hall–Kier alpha value is -2.17. The second-order valence-corrected chi connectivity index (χ2v) is 3.97. The molecule has 2 rings (SSSR count). The lowest BCUT2D eigenvalue weighted by Gasteiger charge is -2.10. The van der Waals surface area contributed by atoms with E-state index in [0.717, 1.165) is 22.8 Å². The Bertz CT molecular complexity index is 542. The number of ether oxygens (including phenoxy) is 1. The highest BCUT2D eigenvalue weighted by atomic mass is 16.5. The standard InChI is InChI=1S/C13H16N4O/c1-9-7-15-10(2)12(17-9)16-8-11-5-4-6-14-13(11)18-3/h4-7H,8H2,1-3H3,(H,16,17). The maximum atomic E-state index is 5.20. The molecule has 0 saturated heterocycles. The van der Waals surface area contributed by atoms with E-state index in [2.05, 4.69) is 20.3 Å². The number of hydrogen-bond acceptors (Lipinski definition) is 5. The van der Waals surface area contributed by atoms with Gasteiger partial charge in [-0.2, -0.15) is 0 Å². The maximum Gasteiger partial charge on any atom is 0.218 e. The summed E-state index contributed by atoms with van der Waals surface area (Å²) < 4.78 is 5.20. The van der Waals surface area contributed by atoms with Gasteiger partial charge in [-0.15, -0.1) is 0 Å². The van der Waals surface area contributed by atoms with E-state index in [0.29, 0.717) is 12.4 Å². The predicted octanol–water partition coefficient (Wildman–Crippen LogP) is 2.11. The topological polar surface area (TPSA) is 59.9 Å². The first kappa shape index (κ1) is 12.3. The van der Waals surface area contributed by atoms with Crippen molar-refractivity contribution in [2.24, 2.45) is 0 Å². The van der Waals surface area contributed by atoms with Crippen molar-refractivity contribution < 1.29 is 4.74 Å². The van der Waals surface area contributed by atoms with Crippen LogP contribution >= 0.6 is 0 Å². The van der Waals surface area contributed by atoms with Crippen LogP contribution in [0.4, 0.5) is 5.82 Å². The molecule has 0 aliphatic heterocycles. The number of rotatable bonds is 4. The van der Waals surface area contributed by atoms with E-state index in [1.54, 1.807) is 19.5 Å². The van der Waals surface area contributed by atoms with E-state index in [-0.39, 0.29) is 0 Å². The van der Waals surface area contributed by atoms with Crippen LogP contribution in [-0.4, -0.2) is 22.1 Å². The monoisotopic (exact) mass is 244 g/mol. The van der Waals surface area contributed by atoms with Gasteiger partial charge in [0.2, 0.25) is 5.88 Å². The summed E-state index contributed by atoms with van der Waals surface area (Å²) in [6, 6.07) is 3.85. The summed E-state index contributed by atoms with van der Waals surface area (Å²) in [6.07, 6.45) is 3.46. The Labute approximate surface area is 106 Å². The highest BCUT2D eigenvalue weighted by Crippen LogP contribution is 2.16. The van der Waals surface area contributed by atoms with Gasteiger partial charge in [0.15, 0.2) is 0 Å². The van der Waals surface area contributed by atoms with Gasteiger partial charge in [-0.1, -0.05) is 6.07 Å². The first-order valence-electron chi connectivity index (χ1n) is 5.72. The smallest absolute Gasteiger partial charge is 0.218 e. The van der Waals surface area contributed by atoms with E-state index >= 15 is 0 Å². The van der Waals surface area contributed by atoms with Crippen molar-refractivity contribution in [3.05, 3.63) is 41.5 Å². The van der Waals surface area contributed by atoms with Crippen LogP contribution < -0.4 is 10.1 Å². The summed E-state index contributed by atoms with van der Waals surface area (Å²) in [7, 11) is 1.61. The molecule has 0 unspecified atom stereocenters. The van der Waals surface area contributed by atoms with E-state index in [4.69, 9.17) is 4.74 Å². The van der Waals surface area contributed by atoms with E-state index < -0.39 is 0 Å². The van der Waals surface area contributed by atoms with Crippen LogP contribution in [-0.2, 0) is 6.54 Å². The minimum absolute atomic E-state index is 0.607. The third-order valence-electron chi connectivity index (χ3n) is 2.57. The van der Waals surface area contributed by atoms with Crippen LogP contribution in [0.2, 0.25) is 0 Å². The van der Waals surface area contributed by atoms with Gasteiger partial charge in [-0.25, -0.2) is 9.97 Å². The zero-order valence-electron chi connectivity index (χ0n) is 10.8. The zero-order valence-corrected chi connectivity index (χ0v) is 10.8. The number of methoxy groups -OCH3 is 1. The van der Waals surface area contributed by atoms with Gasteiger partial charge in [0.25, 0.3) is 0 Å². The van der Waals surface area contributed by atoms with Gasteiger partial charge in [0, 0.05) is 24.5 Å². The van der Waals surface area contributed by atoms with Crippen molar-refractivity contribution in [3.63, 3.8) is 0 Å². The van der Waals surface area contributed by atoms with E-state index in [1.807, 2.05) is 26.0 Å². The Kier molecular flexibility index (Phi) is 3.72. The summed E-state index contributed by atoms with van der Waals surface area (Å²) in [5.41, 5.74) is 2.76. The van der Waals surface area contributed by atoms with Crippen LogP contribution in [0.3, 0.4) is 0 Å². The van der Waals surface area contributed by atoms with Gasteiger partial charge in [0.05, 0.1) is 18.5 Å². The molecule has 0 saturated carbocycles. The molecular formula is C13H16N4O. The van der Waals surface area contributed by atoms with Crippen LogP contribution in [0.25, 0.3) is 0 Å². The summed E-state index contributed by atoms with van der Waals surface area (Å²) in [4.78, 5) is 12.8. The summed E-state index contributed by atoms with van der Waals surface area (Å²) in [5.74, 6) is 1.42. The molecule has 0 fully saturated rings. The summed E-state index contributed by atoms with van der Waals surface area (Å²) in [5, 5.41) is 3.25. The van der Waals surface area contributed by atoms with Crippen molar-refractivity contribution in [3.8, 4) is 5.88 Å². The molecule has 2 aromatic heterocycles. The van der Waals surface area contributed by atoms with Crippen molar-refractivity contribution in [1.82, 2.24) is 15.0 Å². The molecule has 0 atom stereocenters. The quantitative estimate of drug-likeness (QED) is 0.892. The number of nitrogens with zero attached hydrogens (tertiary/aromatic N) is 3. The van der Waals surface area contributed by atoms with Gasteiger partial charge in [-0.05, 0) is 19.9 Å². The van der Waals surface area contributed by atoms with Crippen molar-refractivity contribution >= 4 is 5.82 Å². The van der Waals surface area contributed by atoms with Crippen molar-refractivity contribution in [1.29, 1.82) is 0 Å². The molecule has 0 amide bonds. The molecule has 1 N–H and O–H groups in total. The Morgan fingerprint density at radius 2 is 2.11 bits per heavy atom. The summed E-state index contributed by atoms with van der Waals surface area (Å²) >= 11 is 0. The lowest BCUT2D eigenvalue weighted by atomic mass is 10.2. The number of aryl methyl sites for hydroxylation is 2. The van der Waals surface area contributed by atoms with Crippen LogP contribution in [0, 0.1) is 13.8 Å². The van der Waals surface area contributed by atoms with Gasteiger partial charge >= 0.3 is 0 Å². The molecule has 0 bridgehead atoms. The van der Waals surface area contributed by atoms with Gasteiger partial charge in [0.1, 0.15) is 5.82 Å². The Balaban J connectivity index is 2.14. The molecule has 94 valence electrons. The lowest BCUT2D eigenvalue weighted by Crippen LogP contribution is -2.07. The number of hydrogen-bond donors (Lipinski definition) is 1. The largest absolute Gasteiger partial charge is 0.481 e. The highest BCUT2D eigenvalue weighted by Gasteiger charge is 2.05. The molecule has 5 nitrogen and oxygen atoms in total. The Morgan fingerprint density at radius 1 is 1.28 bits per heavy atom. The van der Waals surface area contributed by atoms with Crippen LogP contribution in [0.5, 0.6) is 5.88 Å². The SMILES string of the molecule is COc1ncccc1CNc1nc(C)cnc1C. The molecule has 2 heterocycles. The first-order valence-corrected chi connectivity index (χ1v) is 5.72. The number of nitrogens with one attached hydrogen (secondary N) is 1. The summed E-state index contributed by atoms with van der Waals surface area (Å²) in [6.45, 7) is 4.45. The number of anilines is 1. The average Bonchev–Trinajstić information content (AvgIpc) is 2.40. The lowest BCUT2D eigenvalue weighted by molar-refractivity contribution is 0.393. The minimum Gasteiger partial charge on any atom is -0.481 e. The molecule has 5 heteroatoms. The molecule has 0 aromatic carbocycles. The van der Waals surface area contributed by atoms with Gasteiger partial charge in [-0.3, -0.25) is 4.98 Å². The third kappa shape index (κ3) is 2.74. The van der Waals surface area contributed by atoms with Crippen LogP contribution in [0.1, 0.15) is 17.0 Å². The molecule has 0 aliphatic carbocycles. The normalized spacial score (nSPS) is 10.2. The fourth-order valence-electron chi connectivity index (χ4n) is 1.63. The predicted molar refractivity (Wildman–Crippen MR) is 69.6 cm³/mol. The Morgan fingerprint density at radius 3 is 2.89 bits per heavy atom. The average molecular weight is 244 g/mol. The molecule has 2 aromatic rings. The second-order valence-electron chi connectivity index (χ2n) is 3.97. The molecule has 0 spiro atoms. The fraction of sp³-hybridized carbons (Fsp3) is 0.308. The fourth-order valence-corrected chi connectivity index (χ4v) is 1.63. The molecule has 18 heavy (non-hydrogen) atoms. The number of aromatic nitrogens is 3. The highest BCUT2D eigenvalue weighted by molar-refractivity contribution is 5.41.